The zero-order valence-corrected chi connectivity index (χ0v) is 18.6. The topological polar surface area (TPSA) is 72.9 Å². The second-order valence-corrected chi connectivity index (χ2v) is 8.83. The lowest BCUT2D eigenvalue weighted by molar-refractivity contribution is 0.528. The summed E-state index contributed by atoms with van der Waals surface area (Å²) in [5.74, 6) is 2.40. The number of hydrogen-bond acceptors (Lipinski definition) is 7. The number of anilines is 1. The molecule has 3 heterocycles. The summed E-state index contributed by atoms with van der Waals surface area (Å²) in [6, 6.07) is 15.8. The van der Waals surface area contributed by atoms with Crippen molar-refractivity contribution in [2.24, 2.45) is 0 Å². The van der Waals surface area contributed by atoms with E-state index in [4.69, 9.17) is 16.0 Å². The molecule has 4 aromatic rings. The van der Waals surface area contributed by atoms with Gasteiger partial charge < -0.3 is 9.32 Å². The third-order valence-electron chi connectivity index (χ3n) is 5.16. The van der Waals surface area contributed by atoms with Crippen molar-refractivity contribution < 1.29 is 4.42 Å². The zero-order valence-electron chi connectivity index (χ0n) is 17.0. The van der Waals surface area contributed by atoms with E-state index in [1.165, 1.54) is 17.3 Å². The maximum absolute atomic E-state index is 6.26. The molecule has 0 N–H and O–H groups in total. The summed E-state index contributed by atoms with van der Waals surface area (Å²) in [5.41, 5.74) is 3.04. The molecule has 0 atom stereocenters. The molecular weight excluding hydrogens is 432 g/mol. The standard InChI is InChI=1S/C22H21ClN6OS/c1-15-7-9-16(10-8-15)20-25-24-19(30-20)14-31-22-27-26-21(28-11-2-3-12-28)29(22)18-6-4-5-17(23)13-18/h4-10,13H,2-3,11-12,14H2,1H3. The summed E-state index contributed by atoms with van der Waals surface area (Å²) in [7, 11) is 0. The van der Waals surface area contributed by atoms with E-state index < -0.39 is 0 Å². The first-order chi connectivity index (χ1) is 15.2. The second kappa shape index (κ2) is 8.72. The van der Waals surface area contributed by atoms with Crippen LogP contribution in [0.25, 0.3) is 17.1 Å². The van der Waals surface area contributed by atoms with Crippen LogP contribution in [0, 0.1) is 6.92 Å². The number of hydrogen-bond donors (Lipinski definition) is 0. The van der Waals surface area contributed by atoms with Crippen molar-refractivity contribution >= 4 is 29.3 Å². The molecular formula is C22H21ClN6OS. The fourth-order valence-corrected chi connectivity index (χ4v) is 4.54. The average molecular weight is 453 g/mol. The van der Waals surface area contributed by atoms with Crippen molar-refractivity contribution in [3.05, 3.63) is 65.0 Å². The minimum atomic E-state index is 0.498. The summed E-state index contributed by atoms with van der Waals surface area (Å²) in [4.78, 5) is 2.26. The first-order valence-corrected chi connectivity index (χ1v) is 11.5. The van der Waals surface area contributed by atoms with E-state index in [0.29, 0.717) is 22.6 Å². The quantitative estimate of drug-likeness (QED) is 0.373. The van der Waals surface area contributed by atoms with Gasteiger partial charge in [-0.05, 0) is 50.1 Å². The SMILES string of the molecule is Cc1ccc(-c2nnc(CSc3nnc(N4CCCC4)n3-c3cccc(Cl)c3)o2)cc1. The van der Waals surface area contributed by atoms with Crippen LogP contribution in [-0.2, 0) is 5.75 Å². The number of rotatable bonds is 6. The number of aromatic nitrogens is 5. The molecule has 0 amide bonds. The first kappa shape index (κ1) is 20.1. The molecule has 0 spiro atoms. The van der Waals surface area contributed by atoms with E-state index in [-0.39, 0.29) is 0 Å². The molecule has 9 heteroatoms. The lowest BCUT2D eigenvalue weighted by Gasteiger charge is -2.18. The van der Waals surface area contributed by atoms with Crippen LogP contribution in [0.4, 0.5) is 5.95 Å². The number of benzene rings is 2. The van der Waals surface area contributed by atoms with Crippen molar-refractivity contribution in [3.8, 4) is 17.1 Å². The maximum Gasteiger partial charge on any atom is 0.247 e. The summed E-state index contributed by atoms with van der Waals surface area (Å²) in [6.07, 6.45) is 2.32. The van der Waals surface area contributed by atoms with E-state index in [9.17, 15) is 0 Å². The Bertz CT molecular complexity index is 1180. The van der Waals surface area contributed by atoms with Gasteiger partial charge in [0.05, 0.1) is 11.4 Å². The molecule has 5 rings (SSSR count). The van der Waals surface area contributed by atoms with E-state index >= 15 is 0 Å². The first-order valence-electron chi connectivity index (χ1n) is 10.2. The Kier molecular flexibility index (Phi) is 5.65. The molecule has 1 saturated heterocycles. The molecule has 31 heavy (non-hydrogen) atoms. The summed E-state index contributed by atoms with van der Waals surface area (Å²) in [5, 5.41) is 18.8. The molecule has 1 aliphatic heterocycles. The minimum Gasteiger partial charge on any atom is -0.420 e. The predicted molar refractivity (Wildman–Crippen MR) is 122 cm³/mol. The van der Waals surface area contributed by atoms with Gasteiger partial charge in [-0.3, -0.25) is 4.57 Å². The van der Waals surface area contributed by atoms with E-state index in [1.807, 2.05) is 55.5 Å². The van der Waals surface area contributed by atoms with Crippen molar-refractivity contribution in [2.75, 3.05) is 18.0 Å². The smallest absolute Gasteiger partial charge is 0.247 e. The largest absolute Gasteiger partial charge is 0.420 e. The van der Waals surface area contributed by atoms with Crippen LogP contribution in [0.15, 0.2) is 58.1 Å². The summed E-state index contributed by atoms with van der Waals surface area (Å²) < 4.78 is 7.93. The monoisotopic (exact) mass is 452 g/mol. The van der Waals surface area contributed by atoms with Crippen molar-refractivity contribution in [3.63, 3.8) is 0 Å². The number of halogens is 1. The van der Waals surface area contributed by atoms with Gasteiger partial charge in [0.2, 0.25) is 17.7 Å². The minimum absolute atomic E-state index is 0.498. The highest BCUT2D eigenvalue weighted by molar-refractivity contribution is 7.98. The molecule has 0 saturated carbocycles. The van der Waals surface area contributed by atoms with Gasteiger partial charge in [-0.1, -0.05) is 47.1 Å². The van der Waals surface area contributed by atoms with Gasteiger partial charge in [-0.15, -0.1) is 20.4 Å². The summed E-state index contributed by atoms with van der Waals surface area (Å²) >= 11 is 7.78. The fraction of sp³-hybridized carbons (Fsp3) is 0.273. The molecule has 0 radical (unpaired) electrons. The Balaban J connectivity index is 1.40. The van der Waals surface area contributed by atoms with Crippen LogP contribution in [-0.4, -0.2) is 38.1 Å². The van der Waals surface area contributed by atoms with Crippen molar-refractivity contribution in [1.29, 1.82) is 0 Å². The number of thioether (sulfide) groups is 1. The van der Waals surface area contributed by atoms with Crippen LogP contribution >= 0.6 is 23.4 Å². The van der Waals surface area contributed by atoms with Gasteiger partial charge in [-0.25, -0.2) is 0 Å². The molecule has 1 aliphatic rings. The molecule has 2 aromatic heterocycles. The highest BCUT2D eigenvalue weighted by atomic mass is 35.5. The van der Waals surface area contributed by atoms with Gasteiger partial charge in [0.1, 0.15) is 0 Å². The molecule has 1 fully saturated rings. The highest BCUT2D eigenvalue weighted by Crippen LogP contribution is 2.31. The Morgan fingerprint density at radius 1 is 1.00 bits per heavy atom. The molecule has 7 nitrogen and oxygen atoms in total. The summed E-state index contributed by atoms with van der Waals surface area (Å²) in [6.45, 7) is 4.01. The van der Waals surface area contributed by atoms with Crippen LogP contribution in [0.5, 0.6) is 0 Å². The van der Waals surface area contributed by atoms with Crippen LogP contribution in [0.2, 0.25) is 5.02 Å². The fourth-order valence-electron chi connectivity index (χ4n) is 3.57. The lowest BCUT2D eigenvalue weighted by Crippen LogP contribution is -2.22. The third kappa shape index (κ3) is 4.31. The van der Waals surface area contributed by atoms with Gasteiger partial charge in [0.25, 0.3) is 0 Å². The Hall–Kier alpha value is -2.84. The van der Waals surface area contributed by atoms with Gasteiger partial charge in [0.15, 0.2) is 5.16 Å². The van der Waals surface area contributed by atoms with E-state index in [1.54, 1.807) is 0 Å². The molecule has 158 valence electrons. The number of nitrogens with zero attached hydrogens (tertiary/aromatic N) is 6. The Morgan fingerprint density at radius 2 is 1.81 bits per heavy atom. The van der Waals surface area contributed by atoms with Gasteiger partial charge >= 0.3 is 0 Å². The number of aryl methyl sites for hydroxylation is 1. The van der Waals surface area contributed by atoms with Crippen LogP contribution in [0.3, 0.4) is 0 Å². The van der Waals surface area contributed by atoms with Gasteiger partial charge in [-0.2, -0.15) is 0 Å². The molecule has 0 aliphatic carbocycles. The van der Waals surface area contributed by atoms with Crippen LogP contribution < -0.4 is 4.90 Å². The van der Waals surface area contributed by atoms with Crippen molar-refractivity contribution in [1.82, 2.24) is 25.0 Å². The normalized spacial score (nSPS) is 13.8. The van der Waals surface area contributed by atoms with E-state index in [2.05, 4.69) is 29.9 Å². The van der Waals surface area contributed by atoms with Crippen molar-refractivity contribution in [2.45, 2.75) is 30.7 Å². The third-order valence-corrected chi connectivity index (χ3v) is 6.31. The van der Waals surface area contributed by atoms with Gasteiger partial charge in [0, 0.05) is 23.7 Å². The Labute approximate surface area is 189 Å². The predicted octanol–water partition coefficient (Wildman–Crippen LogP) is 5.17. The average Bonchev–Trinajstić information content (AvgIpc) is 3.53. The Morgan fingerprint density at radius 3 is 2.58 bits per heavy atom. The molecule has 0 bridgehead atoms. The molecule has 0 unspecified atom stereocenters. The lowest BCUT2D eigenvalue weighted by atomic mass is 10.1. The van der Waals surface area contributed by atoms with Crippen LogP contribution in [0.1, 0.15) is 24.3 Å². The second-order valence-electron chi connectivity index (χ2n) is 7.45. The maximum atomic E-state index is 6.26. The molecule has 2 aromatic carbocycles. The van der Waals surface area contributed by atoms with E-state index in [0.717, 1.165) is 48.3 Å². The zero-order chi connectivity index (χ0) is 21.2. The highest BCUT2D eigenvalue weighted by Gasteiger charge is 2.23.